The van der Waals surface area contributed by atoms with Crippen LogP contribution in [-0.2, 0) is 0 Å². The van der Waals surface area contributed by atoms with Crippen LogP contribution in [0.15, 0.2) is 42.5 Å². The first kappa shape index (κ1) is 15.5. The molecule has 0 aliphatic heterocycles. The van der Waals surface area contributed by atoms with Crippen molar-refractivity contribution in [2.75, 3.05) is 5.32 Å². The summed E-state index contributed by atoms with van der Waals surface area (Å²) in [5.74, 6) is -0.668. The molecule has 0 fully saturated rings. The molecular formula is C14H9Cl2F2NO2. The highest BCUT2D eigenvalue weighted by Gasteiger charge is 2.13. The zero-order valence-corrected chi connectivity index (χ0v) is 12.0. The number of rotatable bonds is 4. The maximum atomic E-state index is 12.3. The number of para-hydroxylation sites is 2. The quantitative estimate of drug-likeness (QED) is 0.869. The summed E-state index contributed by atoms with van der Waals surface area (Å²) >= 11 is 11.6. The normalized spacial score (nSPS) is 10.5. The lowest BCUT2D eigenvalue weighted by atomic mass is 10.2. The van der Waals surface area contributed by atoms with Crippen molar-refractivity contribution in [2.24, 2.45) is 0 Å². The fourth-order valence-corrected chi connectivity index (χ4v) is 2.17. The number of hydrogen-bond donors (Lipinski definition) is 1. The Kier molecular flexibility index (Phi) is 4.98. The lowest BCUT2D eigenvalue weighted by molar-refractivity contribution is -0.0493. The number of halogens is 4. The van der Waals surface area contributed by atoms with Crippen molar-refractivity contribution in [1.29, 1.82) is 0 Å². The van der Waals surface area contributed by atoms with Gasteiger partial charge in [-0.3, -0.25) is 4.79 Å². The summed E-state index contributed by atoms with van der Waals surface area (Å²) in [5.41, 5.74) is 0.332. The molecule has 0 saturated carbocycles. The number of nitrogens with one attached hydrogen (secondary N) is 1. The minimum absolute atomic E-state index is 0.124. The van der Waals surface area contributed by atoms with Crippen LogP contribution in [0.1, 0.15) is 10.4 Å². The first-order valence-electron chi connectivity index (χ1n) is 5.77. The molecule has 0 aliphatic carbocycles. The van der Waals surface area contributed by atoms with Crippen molar-refractivity contribution < 1.29 is 18.3 Å². The first-order valence-corrected chi connectivity index (χ1v) is 6.52. The van der Waals surface area contributed by atoms with Crippen LogP contribution in [0.4, 0.5) is 14.5 Å². The Balaban J connectivity index is 2.23. The van der Waals surface area contributed by atoms with Gasteiger partial charge in [0.25, 0.3) is 5.91 Å². The predicted octanol–water partition coefficient (Wildman–Crippen LogP) is 4.85. The van der Waals surface area contributed by atoms with Gasteiger partial charge < -0.3 is 10.1 Å². The highest BCUT2D eigenvalue weighted by atomic mass is 35.5. The zero-order chi connectivity index (χ0) is 15.4. The molecule has 0 saturated heterocycles. The summed E-state index contributed by atoms with van der Waals surface area (Å²) in [6.07, 6.45) is 0. The van der Waals surface area contributed by atoms with Gasteiger partial charge in [-0.05, 0) is 30.3 Å². The Hall–Kier alpha value is -1.85. The van der Waals surface area contributed by atoms with E-state index < -0.39 is 12.5 Å². The van der Waals surface area contributed by atoms with E-state index in [1.807, 2.05) is 0 Å². The van der Waals surface area contributed by atoms with Crippen molar-refractivity contribution in [1.82, 2.24) is 0 Å². The van der Waals surface area contributed by atoms with Gasteiger partial charge in [-0.1, -0.05) is 35.3 Å². The molecule has 2 rings (SSSR count). The number of hydrogen-bond acceptors (Lipinski definition) is 2. The fraction of sp³-hybridized carbons (Fsp3) is 0.0714. The Morgan fingerprint density at radius 2 is 1.71 bits per heavy atom. The molecule has 3 nitrogen and oxygen atoms in total. The van der Waals surface area contributed by atoms with E-state index >= 15 is 0 Å². The van der Waals surface area contributed by atoms with E-state index in [9.17, 15) is 13.6 Å². The molecule has 0 radical (unpaired) electrons. The maximum absolute atomic E-state index is 12.3. The second-order valence-electron chi connectivity index (χ2n) is 3.99. The minimum Gasteiger partial charge on any atom is -0.433 e. The molecule has 0 bridgehead atoms. The average molecular weight is 332 g/mol. The first-order chi connectivity index (χ1) is 9.95. The Morgan fingerprint density at radius 3 is 2.33 bits per heavy atom. The number of benzene rings is 2. The van der Waals surface area contributed by atoms with Crippen molar-refractivity contribution in [2.45, 2.75) is 6.61 Å². The molecule has 1 N–H and O–H groups in total. The summed E-state index contributed by atoms with van der Waals surface area (Å²) < 4.78 is 28.9. The van der Waals surface area contributed by atoms with Gasteiger partial charge >= 0.3 is 6.61 Å². The molecule has 0 aromatic heterocycles. The van der Waals surface area contributed by atoms with Gasteiger partial charge in [-0.2, -0.15) is 8.78 Å². The van der Waals surface area contributed by atoms with Crippen molar-refractivity contribution >= 4 is 34.8 Å². The van der Waals surface area contributed by atoms with Crippen molar-refractivity contribution in [3.8, 4) is 5.75 Å². The van der Waals surface area contributed by atoms with Crippen LogP contribution < -0.4 is 10.1 Å². The third-order valence-corrected chi connectivity index (χ3v) is 2.91. The van der Waals surface area contributed by atoms with E-state index in [1.165, 1.54) is 36.4 Å². The van der Waals surface area contributed by atoms with Gasteiger partial charge in [-0.15, -0.1) is 0 Å². The predicted molar refractivity (Wildman–Crippen MR) is 77.5 cm³/mol. The van der Waals surface area contributed by atoms with E-state index in [2.05, 4.69) is 10.1 Å². The fourth-order valence-electron chi connectivity index (χ4n) is 1.65. The molecule has 0 heterocycles. The van der Waals surface area contributed by atoms with Crippen LogP contribution in [0.2, 0.25) is 10.0 Å². The number of amides is 1. The molecule has 0 aliphatic rings. The van der Waals surface area contributed by atoms with Crippen LogP contribution in [0.3, 0.4) is 0 Å². The van der Waals surface area contributed by atoms with Crippen LogP contribution in [-0.4, -0.2) is 12.5 Å². The summed E-state index contributed by atoms with van der Waals surface area (Å²) in [5, 5.41) is 3.06. The molecule has 0 atom stereocenters. The standard InChI is InChI=1S/C14H9Cl2F2NO2/c15-9-5-8(6-10(16)7-9)13(20)19-11-3-1-2-4-12(11)21-14(17)18/h1-7,14H,(H,19,20). The molecule has 0 unspecified atom stereocenters. The Bertz CT molecular complexity index is 645. The van der Waals surface area contributed by atoms with Crippen LogP contribution in [0, 0.1) is 0 Å². The van der Waals surface area contributed by atoms with Crippen LogP contribution >= 0.6 is 23.2 Å². The molecule has 7 heteroatoms. The summed E-state index contributed by atoms with van der Waals surface area (Å²) in [7, 11) is 0. The lowest BCUT2D eigenvalue weighted by Gasteiger charge is -2.11. The van der Waals surface area contributed by atoms with E-state index in [4.69, 9.17) is 23.2 Å². The summed E-state index contributed by atoms with van der Waals surface area (Å²) in [6.45, 7) is -2.98. The second-order valence-corrected chi connectivity index (χ2v) is 4.86. The smallest absolute Gasteiger partial charge is 0.387 e. The van der Waals surface area contributed by atoms with E-state index in [-0.39, 0.29) is 17.0 Å². The van der Waals surface area contributed by atoms with E-state index in [1.54, 1.807) is 6.07 Å². The van der Waals surface area contributed by atoms with Gasteiger partial charge in [0, 0.05) is 15.6 Å². The third-order valence-electron chi connectivity index (χ3n) is 2.48. The zero-order valence-electron chi connectivity index (χ0n) is 10.4. The third kappa shape index (κ3) is 4.31. The van der Waals surface area contributed by atoms with Gasteiger partial charge in [0.15, 0.2) is 0 Å². The average Bonchev–Trinajstić information content (AvgIpc) is 2.39. The summed E-state index contributed by atoms with van der Waals surface area (Å²) in [6, 6.07) is 10.2. The number of carbonyl (C=O) groups is 1. The molecular weight excluding hydrogens is 323 g/mol. The Morgan fingerprint density at radius 1 is 1.10 bits per heavy atom. The molecule has 1 amide bonds. The van der Waals surface area contributed by atoms with Gasteiger partial charge in [-0.25, -0.2) is 0 Å². The minimum atomic E-state index is -2.98. The molecule has 0 spiro atoms. The molecule has 2 aromatic rings. The van der Waals surface area contributed by atoms with Gasteiger partial charge in [0.2, 0.25) is 0 Å². The van der Waals surface area contributed by atoms with Gasteiger partial charge in [0.05, 0.1) is 5.69 Å². The highest BCUT2D eigenvalue weighted by molar-refractivity contribution is 6.35. The van der Waals surface area contributed by atoms with Gasteiger partial charge in [0.1, 0.15) is 5.75 Å². The second kappa shape index (κ2) is 6.74. The SMILES string of the molecule is O=C(Nc1ccccc1OC(F)F)c1cc(Cl)cc(Cl)c1. The maximum Gasteiger partial charge on any atom is 0.387 e. The topological polar surface area (TPSA) is 38.3 Å². The number of alkyl halides is 2. The Labute approximate surface area is 129 Å². The van der Waals surface area contributed by atoms with Crippen molar-refractivity contribution in [3.05, 3.63) is 58.1 Å². The largest absolute Gasteiger partial charge is 0.433 e. The molecule has 21 heavy (non-hydrogen) atoms. The highest BCUT2D eigenvalue weighted by Crippen LogP contribution is 2.27. The van der Waals surface area contributed by atoms with Crippen molar-refractivity contribution in [3.63, 3.8) is 0 Å². The van der Waals surface area contributed by atoms with E-state index in [0.29, 0.717) is 10.0 Å². The van der Waals surface area contributed by atoms with Crippen LogP contribution in [0.25, 0.3) is 0 Å². The number of carbonyl (C=O) groups excluding carboxylic acids is 1. The van der Waals surface area contributed by atoms with Crippen LogP contribution in [0.5, 0.6) is 5.75 Å². The van der Waals surface area contributed by atoms with E-state index in [0.717, 1.165) is 0 Å². The monoisotopic (exact) mass is 331 g/mol. The number of anilines is 1. The lowest BCUT2D eigenvalue weighted by Crippen LogP contribution is -2.14. The summed E-state index contributed by atoms with van der Waals surface area (Å²) in [4.78, 5) is 12.1. The number of ether oxygens (including phenoxy) is 1. The molecule has 2 aromatic carbocycles. The molecule has 110 valence electrons.